The van der Waals surface area contributed by atoms with Crippen molar-refractivity contribution in [3.8, 4) is 5.75 Å². The van der Waals surface area contributed by atoms with E-state index in [2.05, 4.69) is 4.90 Å². The normalized spacial score (nSPS) is 15.8. The molecule has 4 nitrogen and oxygen atoms in total. The van der Waals surface area contributed by atoms with Gasteiger partial charge in [0.05, 0.1) is 5.41 Å². The number of carbonyl (C=O) groups excluding carboxylic acids is 1. The van der Waals surface area contributed by atoms with Crippen molar-refractivity contribution >= 4 is 5.91 Å². The summed E-state index contributed by atoms with van der Waals surface area (Å²) in [5.74, 6) is 0.319. The fourth-order valence-corrected chi connectivity index (χ4v) is 3.64. The van der Waals surface area contributed by atoms with Crippen molar-refractivity contribution in [3.63, 3.8) is 0 Å². The molecule has 0 spiro atoms. The molecule has 1 fully saturated rings. The average molecular weight is 420 g/mol. The summed E-state index contributed by atoms with van der Waals surface area (Å²) < 4.78 is 41.9. The zero-order valence-corrected chi connectivity index (χ0v) is 17.3. The lowest BCUT2D eigenvalue weighted by atomic mass is 9.83. The predicted octanol–water partition coefficient (Wildman–Crippen LogP) is 4.25. The van der Waals surface area contributed by atoms with Crippen molar-refractivity contribution < 1.29 is 22.7 Å². The van der Waals surface area contributed by atoms with Crippen LogP contribution in [0.2, 0.25) is 0 Å². The summed E-state index contributed by atoms with van der Waals surface area (Å²) in [6.45, 7) is 5.88. The summed E-state index contributed by atoms with van der Waals surface area (Å²) in [6.07, 6.45) is -4.35. The Balaban J connectivity index is 1.54. The molecule has 1 aliphatic rings. The first-order chi connectivity index (χ1) is 14.1. The van der Waals surface area contributed by atoms with Gasteiger partial charge in [0.2, 0.25) is 5.91 Å². The molecule has 1 saturated heterocycles. The number of piperazine rings is 1. The lowest BCUT2D eigenvalue weighted by Crippen LogP contribution is -2.52. The van der Waals surface area contributed by atoms with E-state index in [4.69, 9.17) is 4.74 Å². The van der Waals surface area contributed by atoms with Crippen LogP contribution < -0.4 is 4.74 Å². The van der Waals surface area contributed by atoms with Crippen LogP contribution in [0.25, 0.3) is 0 Å². The number of hydrogen-bond acceptors (Lipinski definition) is 3. The number of amides is 1. The third kappa shape index (κ3) is 5.75. The highest BCUT2D eigenvalue weighted by molar-refractivity contribution is 5.87. The van der Waals surface area contributed by atoms with Crippen molar-refractivity contribution in [2.75, 3.05) is 32.8 Å². The molecule has 0 N–H and O–H groups in total. The number of nitrogens with zero attached hydrogens (tertiary/aromatic N) is 2. The van der Waals surface area contributed by atoms with Gasteiger partial charge in [0, 0.05) is 32.7 Å². The average Bonchev–Trinajstić information content (AvgIpc) is 2.73. The van der Waals surface area contributed by atoms with E-state index < -0.39 is 18.2 Å². The maximum absolute atomic E-state index is 13.1. The minimum atomic E-state index is -4.35. The Labute approximate surface area is 175 Å². The van der Waals surface area contributed by atoms with Crippen LogP contribution in [-0.4, -0.2) is 54.7 Å². The van der Waals surface area contributed by atoms with Crippen molar-refractivity contribution in [2.24, 2.45) is 0 Å². The molecule has 2 aromatic rings. The van der Waals surface area contributed by atoms with Crippen LogP contribution >= 0.6 is 0 Å². The highest BCUT2D eigenvalue weighted by atomic mass is 19.4. The Morgan fingerprint density at radius 1 is 0.967 bits per heavy atom. The number of ether oxygens (including phenoxy) is 1. The van der Waals surface area contributed by atoms with Crippen molar-refractivity contribution in [2.45, 2.75) is 32.0 Å². The summed E-state index contributed by atoms with van der Waals surface area (Å²) in [5.41, 5.74) is 1.29. The molecule has 1 aliphatic heterocycles. The molecule has 0 radical (unpaired) electrons. The van der Waals surface area contributed by atoms with E-state index >= 15 is 0 Å². The van der Waals surface area contributed by atoms with Crippen LogP contribution in [0.3, 0.4) is 0 Å². The van der Waals surface area contributed by atoms with Crippen molar-refractivity contribution in [1.29, 1.82) is 0 Å². The van der Waals surface area contributed by atoms with Gasteiger partial charge in [-0.15, -0.1) is 0 Å². The SMILES string of the molecule is CC(C)(C(=O)N1CCN(Cc2cccc(OCC(F)(F)F)c2)CC1)c1ccccc1. The molecule has 0 atom stereocenters. The van der Waals surface area contributed by atoms with E-state index in [1.54, 1.807) is 12.1 Å². The predicted molar refractivity (Wildman–Crippen MR) is 109 cm³/mol. The maximum Gasteiger partial charge on any atom is 0.422 e. The molecule has 2 aromatic carbocycles. The number of halogens is 3. The van der Waals surface area contributed by atoms with Gasteiger partial charge in [-0.25, -0.2) is 0 Å². The van der Waals surface area contributed by atoms with Gasteiger partial charge in [0.25, 0.3) is 0 Å². The lowest BCUT2D eigenvalue weighted by Gasteiger charge is -2.38. The van der Waals surface area contributed by atoms with Gasteiger partial charge >= 0.3 is 6.18 Å². The molecule has 30 heavy (non-hydrogen) atoms. The van der Waals surface area contributed by atoms with E-state index in [0.29, 0.717) is 32.7 Å². The summed E-state index contributed by atoms with van der Waals surface area (Å²) in [4.78, 5) is 17.2. The fourth-order valence-electron chi connectivity index (χ4n) is 3.64. The first-order valence-electron chi connectivity index (χ1n) is 10.0. The van der Waals surface area contributed by atoms with E-state index in [-0.39, 0.29) is 11.7 Å². The fraction of sp³-hybridized carbons (Fsp3) is 0.435. The van der Waals surface area contributed by atoms with E-state index in [0.717, 1.165) is 11.1 Å². The van der Waals surface area contributed by atoms with Crippen LogP contribution in [0.4, 0.5) is 13.2 Å². The highest BCUT2D eigenvalue weighted by Crippen LogP contribution is 2.26. The monoisotopic (exact) mass is 420 g/mol. The lowest BCUT2D eigenvalue weighted by molar-refractivity contribution is -0.153. The zero-order chi connectivity index (χ0) is 21.8. The quantitative estimate of drug-likeness (QED) is 0.701. The van der Waals surface area contributed by atoms with Gasteiger partial charge in [-0.1, -0.05) is 42.5 Å². The number of carbonyl (C=O) groups is 1. The van der Waals surface area contributed by atoms with Crippen molar-refractivity contribution in [1.82, 2.24) is 9.80 Å². The number of rotatable bonds is 6. The summed E-state index contributed by atoms with van der Waals surface area (Å²) in [7, 11) is 0. The maximum atomic E-state index is 13.1. The van der Waals surface area contributed by atoms with Crippen LogP contribution in [0, 0.1) is 0 Å². The summed E-state index contributed by atoms with van der Waals surface area (Å²) in [5, 5.41) is 0. The molecule has 0 bridgehead atoms. The van der Waals surface area contributed by atoms with Gasteiger partial charge in [-0.2, -0.15) is 13.2 Å². The van der Waals surface area contributed by atoms with E-state index in [1.807, 2.05) is 55.1 Å². The second-order valence-electron chi connectivity index (χ2n) is 8.11. The Morgan fingerprint density at radius 3 is 2.27 bits per heavy atom. The van der Waals surface area contributed by atoms with Crippen LogP contribution in [0.5, 0.6) is 5.75 Å². The number of hydrogen-bond donors (Lipinski definition) is 0. The molecule has 1 heterocycles. The summed E-state index contributed by atoms with van der Waals surface area (Å²) in [6, 6.07) is 16.5. The number of benzene rings is 2. The van der Waals surface area contributed by atoms with E-state index in [9.17, 15) is 18.0 Å². The third-order valence-corrected chi connectivity index (χ3v) is 5.40. The first kappa shape index (κ1) is 22.2. The molecule has 3 rings (SSSR count). The van der Waals surface area contributed by atoms with Gasteiger partial charge in [-0.05, 0) is 37.1 Å². The molecule has 0 saturated carbocycles. The molecule has 1 amide bonds. The molecular formula is C23H27F3N2O2. The largest absolute Gasteiger partial charge is 0.484 e. The van der Waals surface area contributed by atoms with Crippen LogP contribution in [0.1, 0.15) is 25.0 Å². The standard InChI is InChI=1S/C23H27F3N2O2/c1-22(2,19-8-4-3-5-9-19)21(29)28-13-11-27(12-14-28)16-18-7-6-10-20(15-18)30-17-23(24,25)26/h3-10,15H,11-14,16-17H2,1-2H3. The van der Waals surface area contributed by atoms with Crippen LogP contribution in [-0.2, 0) is 16.8 Å². The third-order valence-electron chi connectivity index (χ3n) is 5.40. The molecule has 0 unspecified atom stereocenters. The second kappa shape index (κ2) is 9.08. The van der Waals surface area contributed by atoms with Gasteiger partial charge in [0.15, 0.2) is 6.61 Å². The zero-order valence-electron chi connectivity index (χ0n) is 17.3. The topological polar surface area (TPSA) is 32.8 Å². The molecule has 162 valence electrons. The molecule has 0 aromatic heterocycles. The highest BCUT2D eigenvalue weighted by Gasteiger charge is 2.35. The number of alkyl halides is 3. The second-order valence-corrected chi connectivity index (χ2v) is 8.11. The van der Waals surface area contributed by atoms with Crippen molar-refractivity contribution in [3.05, 3.63) is 65.7 Å². The van der Waals surface area contributed by atoms with Gasteiger partial charge in [0.1, 0.15) is 5.75 Å². The molecule has 7 heteroatoms. The smallest absolute Gasteiger partial charge is 0.422 e. The van der Waals surface area contributed by atoms with Gasteiger partial charge in [-0.3, -0.25) is 9.69 Å². The van der Waals surface area contributed by atoms with Gasteiger partial charge < -0.3 is 9.64 Å². The molecule has 0 aliphatic carbocycles. The van der Waals surface area contributed by atoms with E-state index in [1.165, 1.54) is 6.07 Å². The van der Waals surface area contributed by atoms with Crippen LogP contribution in [0.15, 0.2) is 54.6 Å². The summed E-state index contributed by atoms with van der Waals surface area (Å²) >= 11 is 0. The minimum absolute atomic E-state index is 0.107. The Bertz CT molecular complexity index is 845. The Morgan fingerprint density at radius 2 is 1.63 bits per heavy atom. The minimum Gasteiger partial charge on any atom is -0.484 e. The Kier molecular flexibility index (Phi) is 6.71. The molecular weight excluding hydrogens is 393 g/mol. The Hall–Kier alpha value is -2.54. The first-order valence-corrected chi connectivity index (χ1v) is 10.0.